The number of nitrogens with zero attached hydrogens (tertiary/aromatic N) is 1. The Morgan fingerprint density at radius 3 is 2.33 bits per heavy atom. The first kappa shape index (κ1) is 19.9. The van der Waals surface area contributed by atoms with Crippen LogP contribution in [-0.4, -0.2) is 26.2 Å². The molecule has 2 aromatic carbocycles. The first-order valence-corrected chi connectivity index (χ1v) is 10.8. The van der Waals surface area contributed by atoms with Crippen molar-refractivity contribution in [3.05, 3.63) is 63.6 Å². The van der Waals surface area contributed by atoms with E-state index in [1.165, 1.54) is 24.3 Å². The molecule has 0 radical (unpaired) electrons. The average molecular weight is 469 g/mol. The van der Waals surface area contributed by atoms with Gasteiger partial charge >= 0.3 is 5.97 Å². The smallest absolute Gasteiger partial charge is 0.328 e. The van der Waals surface area contributed by atoms with Crippen LogP contribution in [0.1, 0.15) is 18.4 Å². The van der Waals surface area contributed by atoms with Gasteiger partial charge in [0.1, 0.15) is 5.25 Å². The van der Waals surface area contributed by atoms with E-state index in [0.29, 0.717) is 10.6 Å². The number of halogens is 2. The Balaban J connectivity index is 2.12. The van der Waals surface area contributed by atoms with Crippen LogP contribution in [0.4, 0.5) is 0 Å². The van der Waals surface area contributed by atoms with Crippen molar-refractivity contribution in [3.8, 4) is 6.07 Å². The van der Waals surface area contributed by atoms with Crippen LogP contribution < -0.4 is 0 Å². The summed E-state index contributed by atoms with van der Waals surface area (Å²) in [6, 6.07) is 14.5. The van der Waals surface area contributed by atoms with Crippen LogP contribution in [0.15, 0.2) is 57.9 Å². The lowest BCUT2D eigenvalue weighted by Crippen LogP contribution is -2.25. The summed E-state index contributed by atoms with van der Waals surface area (Å²) >= 11 is 9.17. The highest BCUT2D eigenvalue weighted by atomic mass is 79.9. The van der Waals surface area contributed by atoms with E-state index in [-0.39, 0.29) is 11.5 Å². The van der Waals surface area contributed by atoms with Crippen LogP contribution in [0.5, 0.6) is 0 Å². The van der Waals surface area contributed by atoms with Crippen molar-refractivity contribution in [3.63, 3.8) is 0 Å². The van der Waals surface area contributed by atoms with Crippen molar-refractivity contribution in [1.29, 1.82) is 5.26 Å². The predicted octanol–water partition coefficient (Wildman–Crippen LogP) is 4.12. The molecule has 3 atom stereocenters. The van der Waals surface area contributed by atoms with E-state index in [1.54, 1.807) is 31.2 Å². The zero-order valence-corrected chi connectivity index (χ0v) is 17.4. The molecule has 0 heterocycles. The molecular weight excluding hydrogens is 454 g/mol. The van der Waals surface area contributed by atoms with E-state index in [2.05, 4.69) is 15.9 Å². The Kier molecular flexibility index (Phi) is 5.35. The molecule has 1 fully saturated rings. The Morgan fingerprint density at radius 1 is 1.22 bits per heavy atom. The Hall–Kier alpha value is -1.88. The number of nitriles is 1. The maximum Gasteiger partial charge on any atom is 0.328 e. The topological polar surface area (TPSA) is 84.2 Å². The van der Waals surface area contributed by atoms with E-state index >= 15 is 0 Å². The van der Waals surface area contributed by atoms with Crippen molar-refractivity contribution >= 4 is 43.3 Å². The van der Waals surface area contributed by atoms with Crippen molar-refractivity contribution in [1.82, 2.24) is 0 Å². The Bertz CT molecular complexity index is 1020. The molecule has 0 amide bonds. The fraction of sp³-hybridized carbons (Fsp3) is 0.263. The third-order valence-corrected chi connectivity index (χ3v) is 7.66. The molecule has 2 aromatic rings. The SMILES string of the molecule is CCOC(=O)C1(C#N)C(c2ccc(Br)cc2)C1S(=O)(=O)c1ccc(Cl)cc1. The van der Waals surface area contributed by atoms with Crippen LogP contribution in [0.2, 0.25) is 5.02 Å². The van der Waals surface area contributed by atoms with Crippen LogP contribution in [0.3, 0.4) is 0 Å². The molecule has 27 heavy (non-hydrogen) atoms. The van der Waals surface area contributed by atoms with Crippen molar-refractivity contribution in [2.45, 2.75) is 23.0 Å². The molecule has 1 aliphatic carbocycles. The van der Waals surface area contributed by atoms with Crippen molar-refractivity contribution < 1.29 is 17.9 Å². The highest BCUT2D eigenvalue weighted by Crippen LogP contribution is 2.64. The van der Waals surface area contributed by atoms with Gasteiger partial charge in [-0.1, -0.05) is 39.7 Å². The zero-order chi connectivity index (χ0) is 19.8. The van der Waals surface area contributed by atoms with Gasteiger partial charge in [-0.2, -0.15) is 5.26 Å². The van der Waals surface area contributed by atoms with Crippen LogP contribution in [0.25, 0.3) is 0 Å². The first-order valence-electron chi connectivity index (χ1n) is 8.12. The summed E-state index contributed by atoms with van der Waals surface area (Å²) in [6.45, 7) is 1.67. The molecule has 0 aromatic heterocycles. The molecule has 0 bridgehead atoms. The summed E-state index contributed by atoms with van der Waals surface area (Å²) in [5, 5.41) is 8.99. The summed E-state index contributed by atoms with van der Waals surface area (Å²) in [5.41, 5.74) is -1.18. The minimum absolute atomic E-state index is 0.0143. The monoisotopic (exact) mass is 467 g/mol. The average Bonchev–Trinajstić information content (AvgIpc) is 3.34. The fourth-order valence-electron chi connectivity index (χ4n) is 3.33. The van der Waals surface area contributed by atoms with E-state index < -0.39 is 32.4 Å². The van der Waals surface area contributed by atoms with E-state index in [1.807, 2.05) is 6.07 Å². The Labute approximate surface area is 171 Å². The van der Waals surface area contributed by atoms with Gasteiger partial charge < -0.3 is 4.74 Å². The normalized spacial score (nSPS) is 24.1. The lowest BCUT2D eigenvalue weighted by molar-refractivity contribution is -0.147. The molecule has 5 nitrogen and oxygen atoms in total. The number of benzene rings is 2. The van der Waals surface area contributed by atoms with Crippen molar-refractivity contribution in [2.75, 3.05) is 6.61 Å². The molecule has 0 N–H and O–H groups in total. The second kappa shape index (κ2) is 7.27. The van der Waals surface area contributed by atoms with Crippen LogP contribution in [-0.2, 0) is 19.4 Å². The molecular formula is C19H15BrClNO4S. The maximum absolute atomic E-state index is 13.2. The second-order valence-electron chi connectivity index (χ2n) is 6.15. The standard InChI is InChI=1S/C19H15BrClNO4S/c1-2-26-18(23)19(11-22)16(12-3-5-13(20)6-4-12)17(19)27(24,25)15-9-7-14(21)8-10-15/h3-10,16-17H,2H2,1H3. The van der Waals surface area contributed by atoms with Gasteiger partial charge in [0.2, 0.25) is 0 Å². The fourth-order valence-corrected chi connectivity index (χ4v) is 5.97. The number of rotatable bonds is 5. The van der Waals surface area contributed by atoms with E-state index in [9.17, 15) is 18.5 Å². The highest BCUT2D eigenvalue weighted by Gasteiger charge is 2.77. The van der Waals surface area contributed by atoms with E-state index in [4.69, 9.17) is 16.3 Å². The Morgan fingerprint density at radius 2 is 1.81 bits per heavy atom. The number of sulfone groups is 1. The molecule has 3 rings (SSSR count). The molecule has 1 aliphatic rings. The molecule has 0 aliphatic heterocycles. The summed E-state index contributed by atoms with van der Waals surface area (Å²) < 4.78 is 32.3. The third-order valence-electron chi connectivity index (χ3n) is 4.64. The number of ether oxygens (including phenoxy) is 1. The summed E-state index contributed by atoms with van der Waals surface area (Å²) in [7, 11) is -3.97. The summed E-state index contributed by atoms with van der Waals surface area (Å²) in [5.74, 6) is -1.63. The van der Waals surface area contributed by atoms with Crippen molar-refractivity contribution in [2.24, 2.45) is 5.41 Å². The predicted molar refractivity (Wildman–Crippen MR) is 104 cm³/mol. The van der Waals surface area contributed by atoms with Gasteiger partial charge in [0.05, 0.1) is 17.6 Å². The lowest BCUT2D eigenvalue weighted by Gasteiger charge is -2.09. The number of hydrogen-bond donors (Lipinski definition) is 0. The molecule has 0 saturated heterocycles. The number of carbonyl (C=O) groups excluding carboxylic acids is 1. The molecule has 8 heteroatoms. The minimum atomic E-state index is -3.97. The number of carbonyl (C=O) groups is 1. The van der Waals surface area contributed by atoms with Gasteiger partial charge in [-0.05, 0) is 48.9 Å². The largest absolute Gasteiger partial charge is 0.465 e. The lowest BCUT2D eigenvalue weighted by atomic mass is 10.0. The van der Waals surface area contributed by atoms with Crippen LogP contribution in [0, 0.1) is 16.7 Å². The number of hydrogen-bond acceptors (Lipinski definition) is 5. The quantitative estimate of drug-likeness (QED) is 0.616. The first-order chi connectivity index (χ1) is 12.8. The number of esters is 1. The van der Waals surface area contributed by atoms with Gasteiger partial charge in [0.25, 0.3) is 0 Å². The summed E-state index contributed by atoms with van der Waals surface area (Å²) in [6.07, 6.45) is 0. The van der Waals surface area contributed by atoms with Gasteiger partial charge in [-0.25, -0.2) is 8.42 Å². The molecule has 3 unspecified atom stereocenters. The molecule has 140 valence electrons. The molecule has 0 spiro atoms. The minimum Gasteiger partial charge on any atom is -0.465 e. The van der Waals surface area contributed by atoms with Gasteiger partial charge in [0, 0.05) is 15.4 Å². The third kappa shape index (κ3) is 3.27. The highest BCUT2D eigenvalue weighted by molar-refractivity contribution is 9.10. The zero-order valence-electron chi connectivity index (χ0n) is 14.2. The van der Waals surface area contributed by atoms with Gasteiger partial charge in [-0.15, -0.1) is 0 Å². The second-order valence-corrected chi connectivity index (χ2v) is 9.57. The van der Waals surface area contributed by atoms with Crippen LogP contribution >= 0.6 is 27.5 Å². The van der Waals surface area contributed by atoms with Gasteiger partial charge in [0.15, 0.2) is 15.3 Å². The van der Waals surface area contributed by atoms with E-state index in [0.717, 1.165) is 4.47 Å². The summed E-state index contributed by atoms with van der Waals surface area (Å²) in [4.78, 5) is 12.6. The van der Waals surface area contributed by atoms with Gasteiger partial charge in [-0.3, -0.25) is 4.79 Å². The molecule has 1 saturated carbocycles. The maximum atomic E-state index is 13.2.